The van der Waals surface area contributed by atoms with Gasteiger partial charge in [-0.15, -0.1) is 0 Å². The summed E-state index contributed by atoms with van der Waals surface area (Å²) < 4.78 is 8.50. The predicted molar refractivity (Wildman–Crippen MR) is 84.5 cm³/mol. The van der Waals surface area contributed by atoms with E-state index in [0.717, 1.165) is 10.2 Å². The van der Waals surface area contributed by atoms with Gasteiger partial charge in [0, 0.05) is 6.20 Å². The highest BCUT2D eigenvalue weighted by atomic mass is 79.9. The first kappa shape index (κ1) is 14.3. The lowest BCUT2D eigenvalue weighted by Gasteiger charge is -2.09. The lowest BCUT2D eigenvalue weighted by atomic mass is 10.2. The lowest BCUT2D eigenvalue weighted by Crippen LogP contribution is -2.01. The third-order valence-electron chi connectivity index (χ3n) is 3.02. The summed E-state index contributed by atoms with van der Waals surface area (Å²) in [6.07, 6.45) is 5.17. The lowest BCUT2D eigenvalue weighted by molar-refractivity contribution is 0.436. The van der Waals surface area contributed by atoms with Crippen LogP contribution in [0.4, 0.5) is 0 Å². The SMILES string of the molecule is N#Cc1ccc(Oc2cncn2Cc2ccc(Br)nc2)cc1. The summed E-state index contributed by atoms with van der Waals surface area (Å²) in [6, 6.07) is 12.9. The summed E-state index contributed by atoms with van der Waals surface area (Å²) in [7, 11) is 0. The molecule has 0 spiro atoms. The maximum atomic E-state index is 8.80. The smallest absolute Gasteiger partial charge is 0.219 e. The van der Waals surface area contributed by atoms with Gasteiger partial charge in [0.1, 0.15) is 10.4 Å². The van der Waals surface area contributed by atoms with Crippen molar-refractivity contribution in [3.63, 3.8) is 0 Å². The summed E-state index contributed by atoms with van der Waals surface area (Å²) in [5.74, 6) is 1.29. The molecule has 0 N–H and O–H groups in total. The Morgan fingerprint density at radius 3 is 2.64 bits per heavy atom. The normalized spacial score (nSPS) is 10.2. The molecule has 0 aliphatic carbocycles. The molecule has 3 rings (SSSR count). The van der Waals surface area contributed by atoms with Crippen molar-refractivity contribution in [2.24, 2.45) is 0 Å². The highest BCUT2D eigenvalue weighted by molar-refractivity contribution is 9.10. The number of nitriles is 1. The van der Waals surface area contributed by atoms with Gasteiger partial charge in [-0.25, -0.2) is 9.97 Å². The Labute approximate surface area is 136 Å². The largest absolute Gasteiger partial charge is 0.439 e. The molecule has 108 valence electrons. The molecule has 0 saturated heterocycles. The zero-order valence-electron chi connectivity index (χ0n) is 11.5. The number of hydrogen-bond acceptors (Lipinski definition) is 4. The van der Waals surface area contributed by atoms with Gasteiger partial charge >= 0.3 is 0 Å². The molecule has 2 aromatic heterocycles. The summed E-state index contributed by atoms with van der Waals surface area (Å²) in [5.41, 5.74) is 1.65. The monoisotopic (exact) mass is 354 g/mol. The molecule has 5 nitrogen and oxygen atoms in total. The zero-order chi connectivity index (χ0) is 15.4. The third kappa shape index (κ3) is 3.32. The van der Waals surface area contributed by atoms with Gasteiger partial charge in [-0.3, -0.25) is 4.57 Å². The van der Waals surface area contributed by atoms with Crippen molar-refractivity contribution in [1.82, 2.24) is 14.5 Å². The van der Waals surface area contributed by atoms with Crippen LogP contribution in [0.2, 0.25) is 0 Å². The number of halogens is 1. The van der Waals surface area contributed by atoms with Crippen LogP contribution in [-0.4, -0.2) is 14.5 Å². The van der Waals surface area contributed by atoms with Gasteiger partial charge in [0.25, 0.3) is 0 Å². The van der Waals surface area contributed by atoms with E-state index in [2.05, 4.69) is 32.0 Å². The molecule has 0 atom stereocenters. The Bertz CT molecular complexity index is 803. The number of imidazole rings is 1. The molecule has 22 heavy (non-hydrogen) atoms. The van der Waals surface area contributed by atoms with E-state index in [4.69, 9.17) is 10.00 Å². The minimum Gasteiger partial charge on any atom is -0.439 e. The van der Waals surface area contributed by atoms with Crippen LogP contribution in [0.3, 0.4) is 0 Å². The van der Waals surface area contributed by atoms with Crippen LogP contribution in [0, 0.1) is 11.3 Å². The van der Waals surface area contributed by atoms with Gasteiger partial charge in [-0.2, -0.15) is 5.26 Å². The van der Waals surface area contributed by atoms with Crippen molar-refractivity contribution < 1.29 is 4.74 Å². The summed E-state index contributed by atoms with van der Waals surface area (Å²) >= 11 is 3.32. The van der Waals surface area contributed by atoms with Crippen molar-refractivity contribution in [2.75, 3.05) is 0 Å². The molecule has 0 radical (unpaired) electrons. The fourth-order valence-electron chi connectivity index (χ4n) is 1.93. The van der Waals surface area contributed by atoms with Crippen LogP contribution in [-0.2, 0) is 6.54 Å². The quantitative estimate of drug-likeness (QED) is 0.669. The highest BCUT2D eigenvalue weighted by Crippen LogP contribution is 2.22. The molecule has 0 aliphatic heterocycles. The second-order valence-electron chi connectivity index (χ2n) is 4.59. The Morgan fingerprint density at radius 2 is 1.95 bits per heavy atom. The van der Waals surface area contributed by atoms with E-state index in [0.29, 0.717) is 23.7 Å². The van der Waals surface area contributed by atoms with E-state index in [9.17, 15) is 0 Å². The van der Waals surface area contributed by atoms with E-state index in [1.54, 1.807) is 43.0 Å². The van der Waals surface area contributed by atoms with E-state index < -0.39 is 0 Å². The molecule has 0 amide bonds. The Hall–Kier alpha value is -2.65. The van der Waals surface area contributed by atoms with Crippen LogP contribution >= 0.6 is 15.9 Å². The van der Waals surface area contributed by atoms with Crippen LogP contribution in [0.5, 0.6) is 11.6 Å². The van der Waals surface area contributed by atoms with Crippen LogP contribution in [0.15, 0.2) is 59.7 Å². The molecular formula is C16H11BrN4O. The molecule has 6 heteroatoms. The highest BCUT2D eigenvalue weighted by Gasteiger charge is 2.06. The van der Waals surface area contributed by atoms with Crippen LogP contribution < -0.4 is 4.74 Å². The van der Waals surface area contributed by atoms with Crippen LogP contribution in [0.1, 0.15) is 11.1 Å². The number of nitrogens with zero attached hydrogens (tertiary/aromatic N) is 4. The topological polar surface area (TPSA) is 63.7 Å². The third-order valence-corrected chi connectivity index (χ3v) is 3.49. The molecule has 3 aromatic rings. The van der Waals surface area contributed by atoms with Gasteiger partial charge in [-0.05, 0) is 51.8 Å². The summed E-state index contributed by atoms with van der Waals surface area (Å²) in [5, 5.41) is 8.80. The van der Waals surface area contributed by atoms with E-state index in [1.807, 2.05) is 16.7 Å². The summed E-state index contributed by atoms with van der Waals surface area (Å²) in [6.45, 7) is 0.617. The first-order valence-electron chi connectivity index (χ1n) is 6.53. The predicted octanol–water partition coefficient (Wildman–Crippen LogP) is 3.75. The molecule has 0 unspecified atom stereocenters. The minimum absolute atomic E-state index is 0.599. The van der Waals surface area contributed by atoms with Gasteiger partial charge in [0.2, 0.25) is 5.88 Å². The van der Waals surface area contributed by atoms with Crippen molar-refractivity contribution >= 4 is 15.9 Å². The van der Waals surface area contributed by atoms with Crippen molar-refractivity contribution in [3.8, 4) is 17.7 Å². The number of benzene rings is 1. The van der Waals surface area contributed by atoms with Crippen molar-refractivity contribution in [3.05, 3.63) is 70.8 Å². The molecule has 1 aromatic carbocycles. The summed E-state index contributed by atoms with van der Waals surface area (Å²) in [4.78, 5) is 8.33. The minimum atomic E-state index is 0.599. The zero-order valence-corrected chi connectivity index (χ0v) is 13.1. The van der Waals surface area contributed by atoms with Gasteiger partial charge < -0.3 is 4.74 Å². The van der Waals surface area contributed by atoms with Gasteiger partial charge in [-0.1, -0.05) is 6.07 Å². The van der Waals surface area contributed by atoms with E-state index >= 15 is 0 Å². The van der Waals surface area contributed by atoms with Crippen molar-refractivity contribution in [2.45, 2.75) is 6.54 Å². The van der Waals surface area contributed by atoms with E-state index in [-0.39, 0.29) is 0 Å². The molecular weight excluding hydrogens is 344 g/mol. The van der Waals surface area contributed by atoms with Crippen molar-refractivity contribution in [1.29, 1.82) is 5.26 Å². The second kappa shape index (κ2) is 6.41. The Balaban J connectivity index is 1.76. The van der Waals surface area contributed by atoms with E-state index in [1.165, 1.54) is 0 Å². The van der Waals surface area contributed by atoms with Crippen LogP contribution in [0.25, 0.3) is 0 Å². The van der Waals surface area contributed by atoms with Gasteiger partial charge in [0.15, 0.2) is 0 Å². The number of ether oxygens (including phenoxy) is 1. The average Bonchev–Trinajstić information content (AvgIpc) is 2.97. The number of hydrogen-bond donors (Lipinski definition) is 0. The number of rotatable bonds is 4. The standard InChI is InChI=1S/C16H11BrN4O/c17-15-6-3-13(8-20-15)10-21-11-19-9-16(21)22-14-4-1-12(7-18)2-5-14/h1-6,8-9,11H,10H2. The molecule has 0 saturated carbocycles. The molecule has 0 aliphatic rings. The first-order valence-corrected chi connectivity index (χ1v) is 7.32. The fraction of sp³-hybridized carbons (Fsp3) is 0.0625. The first-order chi connectivity index (χ1) is 10.7. The second-order valence-corrected chi connectivity index (χ2v) is 5.40. The number of pyridine rings is 1. The average molecular weight is 355 g/mol. The fourth-order valence-corrected chi connectivity index (χ4v) is 2.16. The number of aromatic nitrogens is 3. The maximum Gasteiger partial charge on any atom is 0.219 e. The Kier molecular flexibility index (Phi) is 4.17. The molecule has 2 heterocycles. The molecule has 0 fully saturated rings. The van der Waals surface area contributed by atoms with Gasteiger partial charge in [0.05, 0.1) is 30.7 Å². The maximum absolute atomic E-state index is 8.80. The Morgan fingerprint density at radius 1 is 1.14 bits per heavy atom. The molecule has 0 bridgehead atoms.